The highest BCUT2D eigenvalue weighted by Gasteiger charge is 2.08. The number of hydrogen-bond acceptors (Lipinski definition) is 5. The first-order chi connectivity index (χ1) is 11.2. The third-order valence-corrected chi connectivity index (χ3v) is 3.56. The molecule has 0 radical (unpaired) electrons. The lowest BCUT2D eigenvalue weighted by atomic mass is 10.2. The fraction of sp³-hybridized carbons (Fsp3) is 0. The van der Waals surface area contributed by atoms with Gasteiger partial charge in [-0.2, -0.15) is 0 Å². The number of oxazole rings is 2. The Labute approximate surface area is 134 Å². The highest BCUT2D eigenvalue weighted by atomic mass is 35.5. The maximum atomic E-state index is 11.2. The Bertz CT molecular complexity index is 1030. The largest absolute Gasteiger partial charge is 0.423 e. The first-order valence-corrected chi connectivity index (χ1v) is 7.17. The predicted molar refractivity (Wildman–Crippen MR) is 87.1 cm³/mol. The molecular weight excluding hydrogens is 318 g/mol. The van der Waals surface area contributed by atoms with E-state index in [4.69, 9.17) is 20.4 Å². The SMILES string of the molecule is O=c1[nH]c2ccc(Nc3ncc(-c4ccc(Cl)cc4)o3)cc2o1. The van der Waals surface area contributed by atoms with Gasteiger partial charge in [-0.15, -0.1) is 0 Å². The number of nitrogens with one attached hydrogen (secondary N) is 2. The lowest BCUT2D eigenvalue weighted by Crippen LogP contribution is -1.92. The second-order valence-corrected chi connectivity index (χ2v) is 5.32. The average Bonchev–Trinajstić information content (AvgIpc) is 3.13. The molecule has 0 unspecified atom stereocenters. The molecule has 7 heteroatoms. The molecule has 0 aliphatic rings. The van der Waals surface area contributed by atoms with Crippen LogP contribution in [0.25, 0.3) is 22.4 Å². The van der Waals surface area contributed by atoms with Crippen molar-refractivity contribution in [2.24, 2.45) is 0 Å². The van der Waals surface area contributed by atoms with E-state index in [1.165, 1.54) is 0 Å². The Balaban J connectivity index is 1.60. The lowest BCUT2D eigenvalue weighted by Gasteiger charge is -2.01. The molecule has 0 fully saturated rings. The highest BCUT2D eigenvalue weighted by Crippen LogP contribution is 2.26. The first-order valence-electron chi connectivity index (χ1n) is 6.79. The minimum absolute atomic E-state index is 0.340. The molecule has 23 heavy (non-hydrogen) atoms. The second kappa shape index (κ2) is 5.33. The van der Waals surface area contributed by atoms with Crippen LogP contribution in [0.4, 0.5) is 11.7 Å². The summed E-state index contributed by atoms with van der Waals surface area (Å²) < 4.78 is 10.7. The summed E-state index contributed by atoms with van der Waals surface area (Å²) in [4.78, 5) is 17.9. The molecule has 2 N–H and O–H groups in total. The summed E-state index contributed by atoms with van der Waals surface area (Å²) >= 11 is 5.87. The summed E-state index contributed by atoms with van der Waals surface area (Å²) in [7, 11) is 0. The van der Waals surface area contributed by atoms with E-state index in [0.717, 1.165) is 5.56 Å². The number of hydrogen-bond donors (Lipinski definition) is 2. The van der Waals surface area contributed by atoms with Crippen LogP contribution in [-0.2, 0) is 0 Å². The van der Waals surface area contributed by atoms with Crippen molar-refractivity contribution in [1.29, 1.82) is 0 Å². The Hall–Kier alpha value is -2.99. The van der Waals surface area contributed by atoms with Gasteiger partial charge in [-0.05, 0) is 36.4 Å². The topological polar surface area (TPSA) is 84.1 Å². The van der Waals surface area contributed by atoms with Crippen molar-refractivity contribution in [3.8, 4) is 11.3 Å². The van der Waals surface area contributed by atoms with E-state index < -0.39 is 5.76 Å². The molecule has 4 aromatic rings. The number of nitrogens with zero attached hydrogens (tertiary/aromatic N) is 1. The average molecular weight is 328 g/mol. The third-order valence-electron chi connectivity index (χ3n) is 3.31. The number of benzene rings is 2. The van der Waals surface area contributed by atoms with E-state index in [-0.39, 0.29) is 0 Å². The molecule has 2 heterocycles. The number of aromatic nitrogens is 2. The van der Waals surface area contributed by atoms with Crippen LogP contribution in [0.5, 0.6) is 0 Å². The van der Waals surface area contributed by atoms with Gasteiger partial charge in [-0.1, -0.05) is 11.6 Å². The molecule has 4 rings (SSSR count). The zero-order valence-electron chi connectivity index (χ0n) is 11.7. The molecule has 0 amide bonds. The van der Waals surface area contributed by atoms with Gasteiger partial charge >= 0.3 is 5.76 Å². The van der Waals surface area contributed by atoms with Gasteiger partial charge in [0.2, 0.25) is 0 Å². The zero-order chi connectivity index (χ0) is 15.8. The molecule has 2 aromatic carbocycles. The smallest absolute Gasteiger partial charge is 0.417 e. The van der Waals surface area contributed by atoms with Crippen molar-refractivity contribution in [2.75, 3.05) is 5.32 Å². The number of fused-ring (bicyclic) bond motifs is 1. The molecule has 0 atom stereocenters. The number of aromatic amines is 1. The first kappa shape index (κ1) is 13.7. The number of H-pyrrole nitrogens is 1. The minimum Gasteiger partial charge on any atom is -0.423 e. The van der Waals surface area contributed by atoms with Crippen LogP contribution in [0.3, 0.4) is 0 Å². The Morgan fingerprint density at radius 1 is 1.09 bits per heavy atom. The van der Waals surface area contributed by atoms with Crippen LogP contribution in [0, 0.1) is 0 Å². The van der Waals surface area contributed by atoms with Crippen molar-refractivity contribution >= 4 is 34.4 Å². The summed E-state index contributed by atoms with van der Waals surface area (Å²) in [6, 6.07) is 12.8. The Morgan fingerprint density at radius 2 is 1.91 bits per heavy atom. The van der Waals surface area contributed by atoms with Gasteiger partial charge in [0, 0.05) is 22.3 Å². The number of halogens is 1. The lowest BCUT2D eigenvalue weighted by molar-refractivity contribution is 0.555. The van der Waals surface area contributed by atoms with E-state index in [2.05, 4.69) is 15.3 Å². The molecule has 6 nitrogen and oxygen atoms in total. The van der Waals surface area contributed by atoms with E-state index in [1.54, 1.807) is 36.5 Å². The third kappa shape index (κ3) is 2.72. The highest BCUT2D eigenvalue weighted by molar-refractivity contribution is 6.30. The quantitative estimate of drug-likeness (QED) is 0.590. The molecule has 114 valence electrons. The van der Waals surface area contributed by atoms with Gasteiger partial charge < -0.3 is 14.2 Å². The van der Waals surface area contributed by atoms with Crippen molar-refractivity contribution < 1.29 is 8.83 Å². The molecular formula is C16H10ClN3O3. The van der Waals surface area contributed by atoms with Gasteiger partial charge in [-0.3, -0.25) is 4.98 Å². The van der Waals surface area contributed by atoms with Crippen LogP contribution >= 0.6 is 11.6 Å². The van der Waals surface area contributed by atoms with Crippen LogP contribution in [0.1, 0.15) is 0 Å². The van der Waals surface area contributed by atoms with Crippen LogP contribution in [0.15, 0.2) is 62.3 Å². The van der Waals surface area contributed by atoms with E-state index >= 15 is 0 Å². The van der Waals surface area contributed by atoms with Crippen molar-refractivity contribution in [3.63, 3.8) is 0 Å². The molecule has 0 bridgehead atoms. The maximum Gasteiger partial charge on any atom is 0.417 e. The van der Waals surface area contributed by atoms with E-state index in [1.807, 2.05) is 12.1 Å². The Kier molecular flexibility index (Phi) is 3.17. The van der Waals surface area contributed by atoms with E-state index in [0.29, 0.717) is 33.6 Å². The molecule has 0 aliphatic carbocycles. The zero-order valence-corrected chi connectivity index (χ0v) is 12.4. The van der Waals surface area contributed by atoms with Crippen LogP contribution < -0.4 is 11.1 Å². The molecule has 0 spiro atoms. The monoisotopic (exact) mass is 327 g/mol. The van der Waals surface area contributed by atoms with E-state index in [9.17, 15) is 4.79 Å². The molecule has 0 aliphatic heterocycles. The fourth-order valence-corrected chi connectivity index (χ4v) is 2.35. The van der Waals surface area contributed by atoms with Crippen LogP contribution in [0.2, 0.25) is 5.02 Å². The molecule has 0 saturated heterocycles. The van der Waals surface area contributed by atoms with Crippen molar-refractivity contribution in [2.45, 2.75) is 0 Å². The van der Waals surface area contributed by atoms with Crippen molar-refractivity contribution in [1.82, 2.24) is 9.97 Å². The molecule has 0 saturated carbocycles. The fourth-order valence-electron chi connectivity index (χ4n) is 2.23. The van der Waals surface area contributed by atoms with Gasteiger partial charge in [0.25, 0.3) is 6.01 Å². The predicted octanol–water partition coefficient (Wildman–Crippen LogP) is 4.17. The minimum atomic E-state index is -0.488. The van der Waals surface area contributed by atoms with Gasteiger partial charge in [0.05, 0.1) is 11.7 Å². The number of rotatable bonds is 3. The standard InChI is InChI=1S/C16H10ClN3O3/c17-10-3-1-9(2-4-10)14-8-18-15(22-14)19-11-5-6-12-13(7-11)23-16(21)20-12/h1-8H,(H,18,19)(H,20,21). The normalized spacial score (nSPS) is 11.0. The Morgan fingerprint density at radius 3 is 2.74 bits per heavy atom. The summed E-state index contributed by atoms with van der Waals surface area (Å²) in [6.07, 6.45) is 1.63. The van der Waals surface area contributed by atoms with Crippen molar-refractivity contribution in [3.05, 3.63) is 64.2 Å². The molecule has 2 aromatic heterocycles. The summed E-state index contributed by atoms with van der Waals surface area (Å²) in [5.74, 6) is 0.136. The van der Waals surface area contributed by atoms with Gasteiger partial charge in [-0.25, -0.2) is 9.78 Å². The summed E-state index contributed by atoms with van der Waals surface area (Å²) in [5, 5.41) is 3.69. The maximum absolute atomic E-state index is 11.2. The summed E-state index contributed by atoms with van der Waals surface area (Å²) in [5.41, 5.74) is 2.67. The van der Waals surface area contributed by atoms with Gasteiger partial charge in [0.15, 0.2) is 11.3 Å². The summed E-state index contributed by atoms with van der Waals surface area (Å²) in [6.45, 7) is 0. The van der Waals surface area contributed by atoms with Gasteiger partial charge in [0.1, 0.15) is 0 Å². The van der Waals surface area contributed by atoms with Crippen LogP contribution in [-0.4, -0.2) is 9.97 Å². The number of anilines is 2. The second-order valence-electron chi connectivity index (χ2n) is 4.89.